The van der Waals surface area contributed by atoms with Crippen molar-refractivity contribution in [3.8, 4) is 0 Å². The topological polar surface area (TPSA) is 53.6 Å². The van der Waals surface area contributed by atoms with Gasteiger partial charge >= 0.3 is 6.03 Å². The largest absolute Gasteiger partial charge is 0.379 e. The van der Waals surface area contributed by atoms with E-state index in [1.165, 1.54) is 25.0 Å². The van der Waals surface area contributed by atoms with Gasteiger partial charge in [-0.1, -0.05) is 12.8 Å². The first kappa shape index (κ1) is 17.2. The summed E-state index contributed by atoms with van der Waals surface area (Å²) in [5.41, 5.74) is 0.608. The van der Waals surface area contributed by atoms with Gasteiger partial charge in [-0.2, -0.15) is 0 Å². The Balaban J connectivity index is 1.63. The number of rotatable bonds is 4. The third-order valence-corrected chi connectivity index (χ3v) is 5.37. The molecule has 3 rings (SSSR count). The van der Waals surface area contributed by atoms with Crippen LogP contribution in [0.3, 0.4) is 0 Å². The lowest BCUT2D eigenvalue weighted by atomic mass is 9.86. The maximum atomic E-state index is 13.0. The number of carbonyl (C=O) groups is 1. The second-order valence-electron chi connectivity index (χ2n) is 6.74. The summed E-state index contributed by atoms with van der Waals surface area (Å²) in [5.74, 6) is -0.313. The molecule has 1 aromatic carbocycles. The zero-order valence-corrected chi connectivity index (χ0v) is 14.2. The smallest absolute Gasteiger partial charge is 0.319 e. The van der Waals surface area contributed by atoms with E-state index in [1.54, 1.807) is 12.1 Å². The number of nitrogens with zero attached hydrogens (tertiary/aromatic N) is 1. The van der Waals surface area contributed by atoms with Crippen molar-refractivity contribution in [1.29, 1.82) is 0 Å². The van der Waals surface area contributed by atoms with Crippen molar-refractivity contribution in [1.82, 2.24) is 10.2 Å². The summed E-state index contributed by atoms with van der Waals surface area (Å²) in [6, 6.07) is 5.60. The summed E-state index contributed by atoms with van der Waals surface area (Å²) in [5, 5.41) is 5.88. The Bertz CT molecular complexity index is 552. The normalized spacial score (nSPS) is 22.1. The third-order valence-electron chi connectivity index (χ3n) is 5.37. The summed E-state index contributed by atoms with van der Waals surface area (Å²) in [4.78, 5) is 14.8. The van der Waals surface area contributed by atoms with E-state index >= 15 is 0 Å². The predicted octanol–water partition coefficient (Wildman–Crippen LogP) is 2.98. The molecule has 2 N–H and O–H groups in total. The second-order valence-corrected chi connectivity index (χ2v) is 6.74. The molecule has 6 heteroatoms. The third kappa shape index (κ3) is 3.70. The van der Waals surface area contributed by atoms with Crippen molar-refractivity contribution in [2.24, 2.45) is 0 Å². The van der Waals surface area contributed by atoms with Crippen LogP contribution in [0.5, 0.6) is 0 Å². The average Bonchev–Trinajstić information content (AvgIpc) is 3.09. The highest BCUT2D eigenvalue weighted by molar-refractivity contribution is 5.89. The lowest BCUT2D eigenvalue weighted by Gasteiger charge is -2.47. The molecule has 1 saturated heterocycles. The molecular weight excluding hydrogens is 309 g/mol. The van der Waals surface area contributed by atoms with E-state index < -0.39 is 0 Å². The van der Waals surface area contributed by atoms with Gasteiger partial charge in [-0.15, -0.1) is 0 Å². The number of urea groups is 1. The van der Waals surface area contributed by atoms with Crippen LogP contribution in [0.25, 0.3) is 0 Å². The molecule has 24 heavy (non-hydrogen) atoms. The number of carbonyl (C=O) groups excluding carboxylic acids is 1. The van der Waals surface area contributed by atoms with Crippen LogP contribution < -0.4 is 10.6 Å². The molecule has 1 unspecified atom stereocenters. The number of halogens is 1. The Morgan fingerprint density at radius 1 is 1.21 bits per heavy atom. The Kier molecular flexibility index (Phi) is 5.36. The quantitative estimate of drug-likeness (QED) is 0.889. The molecule has 0 bridgehead atoms. The minimum Gasteiger partial charge on any atom is -0.379 e. The summed E-state index contributed by atoms with van der Waals surface area (Å²) in [6.07, 6.45) is 4.60. The lowest BCUT2D eigenvalue weighted by Crippen LogP contribution is -2.62. The molecule has 1 saturated carbocycles. The predicted molar refractivity (Wildman–Crippen MR) is 91.6 cm³/mol. The number of morpholine rings is 1. The van der Waals surface area contributed by atoms with Gasteiger partial charge in [0, 0.05) is 30.4 Å². The van der Waals surface area contributed by atoms with E-state index in [0.717, 1.165) is 39.1 Å². The van der Waals surface area contributed by atoms with Crippen molar-refractivity contribution < 1.29 is 13.9 Å². The van der Waals surface area contributed by atoms with Crippen LogP contribution in [0.2, 0.25) is 0 Å². The molecule has 2 amide bonds. The maximum Gasteiger partial charge on any atom is 0.319 e. The molecular formula is C18H26FN3O2. The van der Waals surface area contributed by atoms with E-state index in [9.17, 15) is 9.18 Å². The highest BCUT2D eigenvalue weighted by atomic mass is 19.1. The summed E-state index contributed by atoms with van der Waals surface area (Å²) in [6.45, 7) is 5.45. The molecule has 1 aliphatic heterocycles. The van der Waals surface area contributed by atoms with Gasteiger partial charge in [0.05, 0.1) is 13.2 Å². The van der Waals surface area contributed by atoms with Crippen LogP contribution in [0, 0.1) is 5.82 Å². The van der Waals surface area contributed by atoms with Gasteiger partial charge in [-0.25, -0.2) is 9.18 Å². The Morgan fingerprint density at radius 2 is 1.83 bits per heavy atom. The van der Waals surface area contributed by atoms with Crippen LogP contribution in [0.1, 0.15) is 32.6 Å². The number of hydrogen-bond donors (Lipinski definition) is 2. The molecule has 1 atom stereocenters. The number of amides is 2. The van der Waals surface area contributed by atoms with Crippen LogP contribution in [0.15, 0.2) is 24.3 Å². The van der Waals surface area contributed by atoms with Crippen molar-refractivity contribution in [2.75, 3.05) is 31.6 Å². The van der Waals surface area contributed by atoms with Crippen LogP contribution in [0.4, 0.5) is 14.9 Å². The van der Waals surface area contributed by atoms with E-state index in [-0.39, 0.29) is 23.4 Å². The summed E-state index contributed by atoms with van der Waals surface area (Å²) < 4.78 is 18.4. The van der Waals surface area contributed by atoms with E-state index in [1.807, 2.05) is 0 Å². The van der Waals surface area contributed by atoms with Crippen molar-refractivity contribution in [3.63, 3.8) is 0 Å². The monoisotopic (exact) mass is 335 g/mol. The molecule has 132 valence electrons. The molecule has 0 spiro atoms. The summed E-state index contributed by atoms with van der Waals surface area (Å²) >= 11 is 0. The van der Waals surface area contributed by atoms with Crippen LogP contribution in [-0.4, -0.2) is 48.8 Å². The Morgan fingerprint density at radius 3 is 2.46 bits per heavy atom. The molecule has 2 fully saturated rings. The SMILES string of the molecule is CC(NC(=O)Nc1ccc(F)cc1)C1(N2CCOCC2)CCCC1. The summed E-state index contributed by atoms with van der Waals surface area (Å²) in [7, 11) is 0. The van der Waals surface area contributed by atoms with Gasteiger partial charge in [-0.3, -0.25) is 4.90 Å². The number of hydrogen-bond acceptors (Lipinski definition) is 3. The number of anilines is 1. The first-order valence-electron chi connectivity index (χ1n) is 8.76. The molecule has 1 aliphatic carbocycles. The van der Waals surface area contributed by atoms with Crippen LogP contribution in [-0.2, 0) is 4.74 Å². The van der Waals surface area contributed by atoms with Gasteiger partial charge in [0.25, 0.3) is 0 Å². The van der Waals surface area contributed by atoms with Crippen molar-refractivity contribution in [2.45, 2.75) is 44.2 Å². The minimum absolute atomic E-state index is 0.0178. The zero-order chi connectivity index (χ0) is 17.0. The Hall–Kier alpha value is -1.66. The van der Waals surface area contributed by atoms with Crippen molar-refractivity contribution >= 4 is 11.7 Å². The average molecular weight is 335 g/mol. The van der Waals surface area contributed by atoms with Gasteiger partial charge in [-0.05, 0) is 44.0 Å². The molecule has 0 aromatic heterocycles. The molecule has 2 aliphatic rings. The first-order valence-corrected chi connectivity index (χ1v) is 8.76. The second kappa shape index (κ2) is 7.49. The van der Waals surface area contributed by atoms with E-state index in [0.29, 0.717) is 5.69 Å². The molecule has 5 nitrogen and oxygen atoms in total. The fraction of sp³-hybridized carbons (Fsp3) is 0.611. The van der Waals surface area contributed by atoms with E-state index in [2.05, 4.69) is 22.5 Å². The fourth-order valence-corrected chi connectivity index (χ4v) is 4.05. The molecule has 1 heterocycles. The highest BCUT2D eigenvalue weighted by Crippen LogP contribution is 2.38. The van der Waals surface area contributed by atoms with Gasteiger partial charge in [0.15, 0.2) is 0 Å². The first-order chi connectivity index (χ1) is 11.6. The standard InChI is InChI=1S/C18H26FN3O2/c1-14(20-17(23)21-16-6-4-15(19)5-7-16)18(8-2-3-9-18)22-10-12-24-13-11-22/h4-7,14H,2-3,8-13H2,1H3,(H2,20,21,23). The van der Waals surface area contributed by atoms with Gasteiger partial charge < -0.3 is 15.4 Å². The molecule has 1 aromatic rings. The maximum absolute atomic E-state index is 13.0. The van der Waals surface area contributed by atoms with Gasteiger partial charge in [0.2, 0.25) is 0 Å². The van der Waals surface area contributed by atoms with Crippen molar-refractivity contribution in [3.05, 3.63) is 30.1 Å². The fourth-order valence-electron chi connectivity index (χ4n) is 4.05. The highest BCUT2D eigenvalue weighted by Gasteiger charge is 2.44. The van der Waals surface area contributed by atoms with Gasteiger partial charge in [0.1, 0.15) is 5.82 Å². The molecule has 0 radical (unpaired) electrons. The van der Waals surface area contributed by atoms with E-state index in [4.69, 9.17) is 4.74 Å². The zero-order valence-electron chi connectivity index (χ0n) is 14.2. The minimum atomic E-state index is -0.313. The number of benzene rings is 1. The van der Waals surface area contributed by atoms with Crippen LogP contribution >= 0.6 is 0 Å². The number of nitrogens with one attached hydrogen (secondary N) is 2. The number of ether oxygens (including phenoxy) is 1. The lowest BCUT2D eigenvalue weighted by molar-refractivity contribution is -0.0315. The Labute approximate surface area is 142 Å².